The zero-order valence-electron chi connectivity index (χ0n) is 14.0. The van der Waals surface area contributed by atoms with Crippen molar-refractivity contribution >= 4 is 23.0 Å². The molecule has 0 aliphatic heterocycles. The number of rotatable bonds is 3. The summed E-state index contributed by atoms with van der Waals surface area (Å²) in [5.41, 5.74) is 4.13. The van der Waals surface area contributed by atoms with Crippen LogP contribution in [0.3, 0.4) is 0 Å². The molecule has 0 saturated carbocycles. The lowest BCUT2D eigenvalue weighted by Gasteiger charge is -2.02. The van der Waals surface area contributed by atoms with Crippen LogP contribution in [0, 0.1) is 6.92 Å². The van der Waals surface area contributed by atoms with Crippen LogP contribution in [0.4, 0.5) is 5.69 Å². The van der Waals surface area contributed by atoms with Gasteiger partial charge in [0.15, 0.2) is 5.58 Å². The Hall–Kier alpha value is -3.60. The number of aromatic nitrogens is 1. The molecular formula is C21H16N2O3. The fourth-order valence-corrected chi connectivity index (χ4v) is 2.72. The molecule has 0 radical (unpaired) electrons. The van der Waals surface area contributed by atoms with Crippen molar-refractivity contribution in [1.82, 2.24) is 4.98 Å². The van der Waals surface area contributed by atoms with Crippen LogP contribution in [0.25, 0.3) is 22.6 Å². The minimum Gasteiger partial charge on any atom is -0.507 e. The molecule has 1 heterocycles. The average molecular weight is 344 g/mol. The van der Waals surface area contributed by atoms with Crippen molar-refractivity contribution in [2.75, 3.05) is 0 Å². The van der Waals surface area contributed by atoms with E-state index in [-0.39, 0.29) is 11.5 Å². The standard InChI is InChI=1S/C21H16N2O3/c1-13-5-4-8-19-20(13)23-21(26-19)16-11-15(9-10-18(16)25)22-12-14-6-2-3-7-17(14)24/h2-12,24-25H,1H3. The summed E-state index contributed by atoms with van der Waals surface area (Å²) < 4.78 is 5.79. The number of benzene rings is 3. The number of aryl methyl sites for hydroxylation is 1. The lowest BCUT2D eigenvalue weighted by Crippen LogP contribution is -1.82. The van der Waals surface area contributed by atoms with Gasteiger partial charge in [-0.3, -0.25) is 4.99 Å². The van der Waals surface area contributed by atoms with E-state index in [1.54, 1.807) is 42.6 Å². The molecule has 0 amide bonds. The molecule has 26 heavy (non-hydrogen) atoms. The van der Waals surface area contributed by atoms with Crippen LogP contribution in [0.15, 0.2) is 70.1 Å². The van der Waals surface area contributed by atoms with E-state index < -0.39 is 0 Å². The molecule has 5 nitrogen and oxygen atoms in total. The first kappa shape index (κ1) is 15.9. The SMILES string of the molecule is Cc1cccc2oc(-c3cc(N=Cc4ccccc4O)ccc3O)nc12. The van der Waals surface area contributed by atoms with Crippen LogP contribution in [-0.4, -0.2) is 21.4 Å². The summed E-state index contributed by atoms with van der Waals surface area (Å²) in [6.07, 6.45) is 1.57. The number of phenolic OH excluding ortho intramolecular Hbond substituents is 2. The normalized spacial score (nSPS) is 11.4. The molecule has 3 aromatic carbocycles. The van der Waals surface area contributed by atoms with Crippen LogP contribution in [0.1, 0.15) is 11.1 Å². The number of nitrogens with zero attached hydrogens (tertiary/aromatic N) is 2. The van der Waals surface area contributed by atoms with Crippen molar-refractivity contribution in [3.63, 3.8) is 0 Å². The molecule has 5 heteroatoms. The third kappa shape index (κ3) is 2.91. The molecular weight excluding hydrogens is 328 g/mol. The lowest BCUT2D eigenvalue weighted by atomic mass is 10.1. The summed E-state index contributed by atoms with van der Waals surface area (Å²) in [5.74, 6) is 0.562. The van der Waals surface area contributed by atoms with E-state index in [1.165, 1.54) is 0 Å². The Balaban J connectivity index is 1.74. The summed E-state index contributed by atoms with van der Waals surface area (Å²) in [6.45, 7) is 1.96. The first-order chi connectivity index (χ1) is 12.6. The van der Waals surface area contributed by atoms with Crippen molar-refractivity contribution in [2.24, 2.45) is 4.99 Å². The molecule has 2 N–H and O–H groups in total. The molecule has 4 rings (SSSR count). The maximum absolute atomic E-state index is 10.2. The summed E-state index contributed by atoms with van der Waals surface area (Å²) in [7, 11) is 0. The van der Waals surface area contributed by atoms with Gasteiger partial charge >= 0.3 is 0 Å². The van der Waals surface area contributed by atoms with Gasteiger partial charge in [0.1, 0.15) is 17.0 Å². The second kappa shape index (κ2) is 6.37. The molecule has 0 saturated heterocycles. The van der Waals surface area contributed by atoms with Gasteiger partial charge in [0.2, 0.25) is 5.89 Å². The van der Waals surface area contributed by atoms with Crippen LogP contribution >= 0.6 is 0 Å². The Morgan fingerprint density at radius 1 is 0.962 bits per heavy atom. The number of hydrogen-bond donors (Lipinski definition) is 2. The van der Waals surface area contributed by atoms with Gasteiger partial charge in [0, 0.05) is 11.8 Å². The molecule has 0 spiro atoms. The quantitative estimate of drug-likeness (QED) is 0.515. The van der Waals surface area contributed by atoms with Crippen LogP contribution in [0.5, 0.6) is 11.5 Å². The summed E-state index contributed by atoms with van der Waals surface area (Å²) in [5, 5.41) is 20.0. The van der Waals surface area contributed by atoms with Crippen molar-refractivity contribution < 1.29 is 14.6 Å². The van der Waals surface area contributed by atoms with E-state index in [4.69, 9.17) is 4.42 Å². The number of aliphatic imine (C=N–C) groups is 1. The van der Waals surface area contributed by atoms with Crippen molar-refractivity contribution in [3.05, 3.63) is 71.8 Å². The zero-order chi connectivity index (χ0) is 18.1. The Morgan fingerprint density at radius 3 is 2.62 bits per heavy atom. The summed E-state index contributed by atoms with van der Waals surface area (Å²) in [4.78, 5) is 8.87. The molecule has 0 aliphatic rings. The molecule has 0 unspecified atom stereocenters. The Morgan fingerprint density at radius 2 is 1.81 bits per heavy atom. The predicted molar refractivity (Wildman–Crippen MR) is 101 cm³/mol. The minimum absolute atomic E-state index is 0.0655. The maximum atomic E-state index is 10.2. The smallest absolute Gasteiger partial charge is 0.231 e. The van der Waals surface area contributed by atoms with Gasteiger partial charge in [0.05, 0.1) is 11.3 Å². The Kier molecular flexibility index (Phi) is 3.89. The van der Waals surface area contributed by atoms with Crippen LogP contribution in [-0.2, 0) is 0 Å². The highest BCUT2D eigenvalue weighted by Gasteiger charge is 2.14. The lowest BCUT2D eigenvalue weighted by molar-refractivity contribution is 0.473. The number of para-hydroxylation sites is 2. The number of phenols is 2. The first-order valence-electron chi connectivity index (χ1n) is 8.13. The summed E-state index contributed by atoms with van der Waals surface area (Å²) >= 11 is 0. The van der Waals surface area contributed by atoms with E-state index in [2.05, 4.69) is 9.98 Å². The highest BCUT2D eigenvalue weighted by atomic mass is 16.3. The average Bonchev–Trinajstić information content (AvgIpc) is 3.08. The van der Waals surface area contributed by atoms with Gasteiger partial charge in [-0.25, -0.2) is 4.98 Å². The number of oxazole rings is 1. The highest BCUT2D eigenvalue weighted by Crippen LogP contribution is 2.34. The maximum Gasteiger partial charge on any atom is 0.231 e. The van der Waals surface area contributed by atoms with Gasteiger partial charge in [-0.05, 0) is 48.9 Å². The molecule has 1 aromatic heterocycles. The zero-order valence-corrected chi connectivity index (χ0v) is 14.0. The van der Waals surface area contributed by atoms with Gasteiger partial charge in [0.25, 0.3) is 0 Å². The molecule has 0 fully saturated rings. The topological polar surface area (TPSA) is 78.9 Å². The van der Waals surface area contributed by atoms with E-state index in [0.29, 0.717) is 28.3 Å². The Labute approximate surface area is 149 Å². The molecule has 0 atom stereocenters. The van der Waals surface area contributed by atoms with E-state index in [9.17, 15) is 10.2 Å². The Bertz CT molecular complexity index is 1130. The predicted octanol–water partition coefficient (Wildman–Crippen LogP) is 4.97. The monoisotopic (exact) mass is 344 g/mol. The van der Waals surface area contributed by atoms with Gasteiger partial charge in [-0.2, -0.15) is 0 Å². The first-order valence-corrected chi connectivity index (χ1v) is 8.13. The number of hydrogen-bond acceptors (Lipinski definition) is 5. The van der Waals surface area contributed by atoms with Gasteiger partial charge < -0.3 is 14.6 Å². The van der Waals surface area contributed by atoms with Crippen LogP contribution < -0.4 is 0 Å². The van der Waals surface area contributed by atoms with E-state index >= 15 is 0 Å². The number of aromatic hydroxyl groups is 2. The van der Waals surface area contributed by atoms with Crippen LogP contribution in [0.2, 0.25) is 0 Å². The van der Waals surface area contributed by atoms with E-state index in [1.807, 2.05) is 31.2 Å². The van der Waals surface area contributed by atoms with Gasteiger partial charge in [-0.15, -0.1) is 0 Å². The molecule has 4 aromatic rings. The number of fused-ring (bicyclic) bond motifs is 1. The van der Waals surface area contributed by atoms with Crippen molar-refractivity contribution in [2.45, 2.75) is 6.92 Å². The second-order valence-electron chi connectivity index (χ2n) is 5.96. The van der Waals surface area contributed by atoms with Crippen molar-refractivity contribution in [3.8, 4) is 23.0 Å². The highest BCUT2D eigenvalue weighted by molar-refractivity contribution is 5.86. The third-order valence-corrected chi connectivity index (χ3v) is 4.12. The van der Waals surface area contributed by atoms with Crippen molar-refractivity contribution in [1.29, 1.82) is 0 Å². The fourth-order valence-electron chi connectivity index (χ4n) is 2.72. The molecule has 0 bridgehead atoms. The molecule has 0 aliphatic carbocycles. The second-order valence-corrected chi connectivity index (χ2v) is 5.96. The summed E-state index contributed by atoms with van der Waals surface area (Å²) in [6, 6.07) is 17.6. The third-order valence-electron chi connectivity index (χ3n) is 4.12. The fraction of sp³-hybridized carbons (Fsp3) is 0.0476. The largest absolute Gasteiger partial charge is 0.507 e. The van der Waals surface area contributed by atoms with Gasteiger partial charge in [-0.1, -0.05) is 24.3 Å². The van der Waals surface area contributed by atoms with E-state index in [0.717, 1.165) is 11.1 Å². The molecule has 128 valence electrons. The minimum atomic E-state index is 0.0655.